The predicted molar refractivity (Wildman–Crippen MR) is 89.5 cm³/mol. The smallest absolute Gasteiger partial charge is 0.234 e. The average Bonchev–Trinajstić information content (AvgIpc) is 2.99. The van der Waals surface area contributed by atoms with Gasteiger partial charge in [-0.15, -0.1) is 0 Å². The van der Waals surface area contributed by atoms with E-state index in [1.54, 1.807) is 13.1 Å². The minimum absolute atomic E-state index is 0.150. The summed E-state index contributed by atoms with van der Waals surface area (Å²) in [6, 6.07) is 2.89. The molecule has 1 N–H and O–H groups in total. The van der Waals surface area contributed by atoms with Crippen LogP contribution in [0.5, 0.6) is 0 Å². The largest absolute Gasteiger partial charge is 0.279 e. The van der Waals surface area contributed by atoms with E-state index in [9.17, 15) is 17.2 Å². The zero-order valence-electron chi connectivity index (χ0n) is 14.0. The molecule has 9 heteroatoms. The Balaban J connectivity index is 1.95. The van der Waals surface area contributed by atoms with Gasteiger partial charge in [-0.25, -0.2) is 13.5 Å². The van der Waals surface area contributed by atoms with Crippen molar-refractivity contribution in [3.63, 3.8) is 0 Å². The summed E-state index contributed by atoms with van der Waals surface area (Å²) in [5.74, 6) is -1.37. The van der Waals surface area contributed by atoms with E-state index in [0.29, 0.717) is 19.4 Å². The molecular formula is C16H20F2N4O2S. The molecule has 1 atom stereocenters. The minimum atomic E-state index is -3.60. The summed E-state index contributed by atoms with van der Waals surface area (Å²) in [7, 11) is -2.10. The molecule has 1 aliphatic rings. The first kappa shape index (κ1) is 18.0. The van der Waals surface area contributed by atoms with E-state index in [-0.39, 0.29) is 5.69 Å². The first-order chi connectivity index (χ1) is 11.8. The molecule has 0 bridgehead atoms. The normalized spacial score (nSPS) is 17.7. The molecule has 3 rings (SSSR count). The van der Waals surface area contributed by atoms with E-state index >= 15 is 0 Å². The summed E-state index contributed by atoms with van der Waals surface area (Å²) < 4.78 is 57.1. The summed E-state index contributed by atoms with van der Waals surface area (Å²) in [4.78, 5) is 0. The van der Waals surface area contributed by atoms with Gasteiger partial charge < -0.3 is 0 Å². The van der Waals surface area contributed by atoms with E-state index in [2.05, 4.69) is 9.82 Å². The topological polar surface area (TPSA) is 67.2 Å². The Morgan fingerprint density at radius 1 is 1.40 bits per heavy atom. The summed E-state index contributed by atoms with van der Waals surface area (Å²) in [6.07, 6.45) is 3.58. The molecule has 1 heterocycles. The van der Waals surface area contributed by atoms with Gasteiger partial charge in [0.25, 0.3) is 10.2 Å². The Morgan fingerprint density at radius 3 is 2.84 bits per heavy atom. The highest BCUT2D eigenvalue weighted by Gasteiger charge is 2.29. The number of nitrogens with zero attached hydrogens (tertiary/aromatic N) is 3. The first-order valence-corrected chi connectivity index (χ1v) is 9.53. The second-order valence-corrected chi connectivity index (χ2v) is 7.85. The van der Waals surface area contributed by atoms with Crippen LogP contribution < -0.4 is 4.72 Å². The van der Waals surface area contributed by atoms with Gasteiger partial charge in [-0.1, -0.05) is 6.92 Å². The number of hydrogen-bond donors (Lipinski definition) is 1. The fraction of sp³-hybridized carbons (Fsp3) is 0.438. The van der Waals surface area contributed by atoms with Gasteiger partial charge >= 0.3 is 0 Å². The molecule has 0 aliphatic heterocycles. The van der Waals surface area contributed by atoms with Gasteiger partial charge in [0, 0.05) is 30.9 Å². The summed E-state index contributed by atoms with van der Waals surface area (Å²) in [6.45, 7) is 2.11. The van der Waals surface area contributed by atoms with Crippen LogP contribution in [0, 0.1) is 11.6 Å². The molecule has 0 radical (unpaired) electrons. The Hall–Kier alpha value is -1.84. The molecule has 1 aromatic carbocycles. The van der Waals surface area contributed by atoms with Gasteiger partial charge in [0.15, 0.2) is 5.82 Å². The van der Waals surface area contributed by atoms with Crippen molar-refractivity contribution in [1.29, 1.82) is 0 Å². The molecule has 0 spiro atoms. The SMILES string of the molecule is CCN(C)S(=O)(=O)N[C@@H]1CCCc2c1cnn2-c1ccc(F)cc1F. The zero-order chi connectivity index (χ0) is 18.2. The lowest BCUT2D eigenvalue weighted by molar-refractivity contribution is 0.444. The predicted octanol–water partition coefficient (Wildman–Crippen LogP) is 2.31. The first-order valence-electron chi connectivity index (χ1n) is 8.09. The Morgan fingerprint density at radius 2 is 2.16 bits per heavy atom. The van der Waals surface area contributed by atoms with E-state index in [4.69, 9.17) is 0 Å². The van der Waals surface area contributed by atoms with Gasteiger partial charge in [-0.3, -0.25) is 0 Å². The van der Waals surface area contributed by atoms with Crippen LogP contribution in [0.25, 0.3) is 5.69 Å². The third kappa shape index (κ3) is 3.44. The third-order valence-corrected chi connectivity index (χ3v) is 6.13. The zero-order valence-corrected chi connectivity index (χ0v) is 14.9. The van der Waals surface area contributed by atoms with Gasteiger partial charge in [0.2, 0.25) is 0 Å². The van der Waals surface area contributed by atoms with Crippen LogP contribution in [-0.2, 0) is 16.6 Å². The lowest BCUT2D eigenvalue weighted by Crippen LogP contribution is -2.40. The number of halogens is 2. The van der Waals surface area contributed by atoms with Crippen LogP contribution in [0.1, 0.15) is 37.1 Å². The average molecular weight is 370 g/mol. The Labute approximate surface area is 145 Å². The number of aromatic nitrogens is 2. The molecule has 25 heavy (non-hydrogen) atoms. The highest BCUT2D eigenvalue weighted by atomic mass is 32.2. The Bertz CT molecular complexity index is 882. The quantitative estimate of drug-likeness (QED) is 0.878. The molecule has 0 unspecified atom stereocenters. The summed E-state index contributed by atoms with van der Waals surface area (Å²) in [5.41, 5.74) is 1.61. The number of nitrogens with one attached hydrogen (secondary N) is 1. The molecule has 0 saturated carbocycles. The number of benzene rings is 1. The molecule has 0 saturated heterocycles. The third-order valence-electron chi connectivity index (χ3n) is 4.47. The van der Waals surface area contributed by atoms with E-state index in [1.807, 2.05) is 0 Å². The molecule has 6 nitrogen and oxygen atoms in total. The Kier molecular flexibility index (Phi) is 4.90. The molecule has 1 aliphatic carbocycles. The van der Waals surface area contributed by atoms with Crippen molar-refractivity contribution in [2.24, 2.45) is 0 Å². The lowest BCUT2D eigenvalue weighted by atomic mass is 9.94. The minimum Gasteiger partial charge on any atom is -0.234 e. The van der Waals surface area contributed by atoms with Crippen molar-refractivity contribution in [2.75, 3.05) is 13.6 Å². The second-order valence-electron chi connectivity index (χ2n) is 6.04. The van der Waals surface area contributed by atoms with E-state index < -0.39 is 27.9 Å². The van der Waals surface area contributed by atoms with Crippen LogP contribution in [0.3, 0.4) is 0 Å². The molecule has 2 aromatic rings. The van der Waals surface area contributed by atoms with Crippen molar-refractivity contribution < 1.29 is 17.2 Å². The second kappa shape index (κ2) is 6.81. The van der Waals surface area contributed by atoms with Crippen LogP contribution in [0.4, 0.5) is 8.78 Å². The van der Waals surface area contributed by atoms with E-state index in [0.717, 1.165) is 23.7 Å². The number of hydrogen-bond acceptors (Lipinski definition) is 3. The molecule has 136 valence electrons. The molecule has 0 amide bonds. The maximum Gasteiger partial charge on any atom is 0.279 e. The van der Waals surface area contributed by atoms with Crippen molar-refractivity contribution >= 4 is 10.2 Å². The van der Waals surface area contributed by atoms with Gasteiger partial charge in [0.05, 0.1) is 12.2 Å². The van der Waals surface area contributed by atoms with Crippen molar-refractivity contribution in [2.45, 2.75) is 32.2 Å². The van der Waals surface area contributed by atoms with Gasteiger partial charge in [-0.05, 0) is 31.4 Å². The van der Waals surface area contributed by atoms with Gasteiger partial charge in [0.1, 0.15) is 11.5 Å². The van der Waals surface area contributed by atoms with E-state index in [1.165, 1.54) is 28.2 Å². The fourth-order valence-corrected chi connectivity index (χ4v) is 4.10. The fourth-order valence-electron chi connectivity index (χ4n) is 2.98. The van der Waals surface area contributed by atoms with Crippen LogP contribution in [-0.4, -0.2) is 36.1 Å². The summed E-state index contributed by atoms with van der Waals surface area (Å²) in [5, 5.41) is 4.21. The molecular weight excluding hydrogens is 350 g/mol. The van der Waals surface area contributed by atoms with Crippen molar-refractivity contribution in [1.82, 2.24) is 18.8 Å². The maximum absolute atomic E-state index is 14.1. The van der Waals surface area contributed by atoms with Crippen molar-refractivity contribution in [3.8, 4) is 5.69 Å². The van der Waals surface area contributed by atoms with Gasteiger partial charge in [-0.2, -0.15) is 22.5 Å². The van der Waals surface area contributed by atoms with Crippen LogP contribution in [0.2, 0.25) is 0 Å². The standard InChI is InChI=1S/C16H20F2N4O2S/c1-3-21(2)25(23,24)20-14-5-4-6-15-12(14)10-19-22(15)16-8-7-11(17)9-13(16)18/h7-10,14,20H,3-6H2,1-2H3/t14-/m1/s1. The van der Waals surface area contributed by atoms with Crippen LogP contribution in [0.15, 0.2) is 24.4 Å². The van der Waals surface area contributed by atoms with Crippen molar-refractivity contribution in [3.05, 3.63) is 47.3 Å². The lowest BCUT2D eigenvalue weighted by Gasteiger charge is -2.26. The maximum atomic E-state index is 14.1. The monoisotopic (exact) mass is 370 g/mol. The number of fused-ring (bicyclic) bond motifs is 1. The number of rotatable bonds is 5. The highest BCUT2D eigenvalue weighted by molar-refractivity contribution is 7.87. The summed E-state index contributed by atoms with van der Waals surface area (Å²) >= 11 is 0. The molecule has 0 fully saturated rings. The highest BCUT2D eigenvalue weighted by Crippen LogP contribution is 2.32. The molecule has 1 aromatic heterocycles. The van der Waals surface area contributed by atoms with Crippen LogP contribution >= 0.6 is 0 Å².